The van der Waals surface area contributed by atoms with Crippen LogP contribution in [0.15, 0.2) is 0 Å². The minimum absolute atomic E-state index is 0.0165. The van der Waals surface area contributed by atoms with E-state index in [9.17, 15) is 14.4 Å². The first-order valence-electron chi connectivity index (χ1n) is 5.63. The normalized spacial score (nSPS) is 23.3. The quantitative estimate of drug-likeness (QED) is 0.571. The Morgan fingerprint density at radius 2 is 2.18 bits per heavy atom. The summed E-state index contributed by atoms with van der Waals surface area (Å²) < 4.78 is 0. The van der Waals surface area contributed by atoms with Gasteiger partial charge < -0.3 is 16.2 Å². The molecule has 0 radical (unpaired) electrons. The lowest BCUT2D eigenvalue weighted by molar-refractivity contribution is -0.150. The smallest absolute Gasteiger partial charge is 0.331 e. The number of carboxylic acids is 1. The molecule has 0 aliphatic carbocycles. The summed E-state index contributed by atoms with van der Waals surface area (Å²) in [6, 6.07) is -0.762. The lowest BCUT2D eigenvalue weighted by atomic mass is 9.82. The first-order chi connectivity index (χ1) is 7.77. The number of Topliss-reactive ketones (excluding diaryl/α,β-unsaturated/α-hetero) is 1. The van der Waals surface area contributed by atoms with Crippen LogP contribution in [0, 0.1) is 5.92 Å². The maximum absolute atomic E-state index is 12.1. The monoisotopic (exact) mass is 242 g/mol. The summed E-state index contributed by atoms with van der Waals surface area (Å²) in [6.45, 7) is 3.59. The summed E-state index contributed by atoms with van der Waals surface area (Å²) in [5, 5.41) is 11.6. The van der Waals surface area contributed by atoms with Gasteiger partial charge in [-0.2, -0.15) is 0 Å². The van der Waals surface area contributed by atoms with Gasteiger partial charge in [0.1, 0.15) is 0 Å². The maximum Gasteiger partial charge on any atom is 0.331 e. The number of carbonyl (C=O) groups is 3. The summed E-state index contributed by atoms with van der Waals surface area (Å²) in [6.07, 6.45) is 0.628. The van der Waals surface area contributed by atoms with E-state index in [-0.39, 0.29) is 24.7 Å². The molecule has 0 saturated carbocycles. The Morgan fingerprint density at radius 3 is 2.53 bits per heavy atom. The Bertz CT molecular complexity index is 353. The van der Waals surface area contributed by atoms with E-state index in [4.69, 9.17) is 10.8 Å². The highest BCUT2D eigenvalue weighted by Gasteiger charge is 2.47. The van der Waals surface area contributed by atoms with Crippen molar-refractivity contribution in [2.75, 3.05) is 0 Å². The number of carbonyl (C=O) groups excluding carboxylic acids is 2. The fraction of sp³-hybridized carbons (Fsp3) is 0.727. The van der Waals surface area contributed by atoms with Crippen molar-refractivity contribution in [3.05, 3.63) is 0 Å². The molecule has 6 nitrogen and oxygen atoms in total. The largest absolute Gasteiger partial charge is 0.480 e. The Hall–Kier alpha value is -1.43. The second-order valence-corrected chi connectivity index (χ2v) is 4.90. The minimum atomic E-state index is -1.91. The molecule has 4 N–H and O–H groups in total. The average Bonchev–Trinajstić information content (AvgIpc) is 2.62. The van der Waals surface area contributed by atoms with Crippen molar-refractivity contribution < 1.29 is 19.5 Å². The van der Waals surface area contributed by atoms with Crippen molar-refractivity contribution in [2.24, 2.45) is 11.7 Å². The topological polar surface area (TPSA) is 109 Å². The predicted molar refractivity (Wildman–Crippen MR) is 60.2 cm³/mol. The van der Waals surface area contributed by atoms with Gasteiger partial charge >= 0.3 is 5.97 Å². The van der Waals surface area contributed by atoms with Crippen LogP contribution in [0.3, 0.4) is 0 Å². The summed E-state index contributed by atoms with van der Waals surface area (Å²) >= 11 is 0. The molecule has 1 heterocycles. The van der Waals surface area contributed by atoms with Crippen LogP contribution in [0.25, 0.3) is 0 Å². The highest BCUT2D eigenvalue weighted by molar-refractivity contribution is 6.11. The highest BCUT2D eigenvalue weighted by Crippen LogP contribution is 2.21. The second-order valence-electron chi connectivity index (χ2n) is 4.90. The van der Waals surface area contributed by atoms with Crippen LogP contribution in [0.5, 0.6) is 0 Å². The molecule has 17 heavy (non-hydrogen) atoms. The number of nitrogens with one attached hydrogen (secondary N) is 1. The molecule has 96 valence electrons. The number of hydrogen-bond donors (Lipinski definition) is 3. The van der Waals surface area contributed by atoms with E-state index in [0.29, 0.717) is 6.42 Å². The van der Waals surface area contributed by atoms with Crippen molar-refractivity contribution in [3.63, 3.8) is 0 Å². The summed E-state index contributed by atoms with van der Waals surface area (Å²) in [5.74, 6) is -2.19. The minimum Gasteiger partial charge on any atom is -0.480 e. The number of hydrogen-bond acceptors (Lipinski definition) is 4. The van der Waals surface area contributed by atoms with Crippen molar-refractivity contribution >= 4 is 17.7 Å². The zero-order valence-corrected chi connectivity index (χ0v) is 10.0. The third-order valence-corrected chi connectivity index (χ3v) is 2.86. The Balaban J connectivity index is 2.87. The molecule has 2 atom stereocenters. The van der Waals surface area contributed by atoms with Crippen LogP contribution in [0.1, 0.15) is 33.1 Å². The standard InChI is InChI=1S/C11H18N2O4/c1-6(2)5-11(12,10(16)17)9(15)7-3-4-8(14)13-7/h6-7H,3-5,12H2,1-2H3,(H,13,14)(H,16,17). The van der Waals surface area contributed by atoms with Crippen LogP contribution in [0.4, 0.5) is 0 Å². The maximum atomic E-state index is 12.1. The molecule has 1 saturated heterocycles. The van der Waals surface area contributed by atoms with Crippen molar-refractivity contribution in [2.45, 2.75) is 44.7 Å². The molecule has 6 heteroatoms. The van der Waals surface area contributed by atoms with E-state index in [0.717, 1.165) is 0 Å². The molecule has 0 aromatic heterocycles. The molecule has 0 bridgehead atoms. The number of aliphatic carboxylic acids is 1. The molecular weight excluding hydrogens is 224 g/mol. The number of ketones is 1. The first kappa shape index (κ1) is 13.6. The molecule has 1 aliphatic heterocycles. The SMILES string of the molecule is CC(C)CC(N)(C(=O)O)C(=O)C1CCC(=O)N1. The highest BCUT2D eigenvalue weighted by atomic mass is 16.4. The van der Waals surface area contributed by atoms with Crippen LogP contribution in [-0.2, 0) is 14.4 Å². The molecule has 1 rings (SSSR count). The van der Waals surface area contributed by atoms with Gasteiger partial charge in [0, 0.05) is 6.42 Å². The van der Waals surface area contributed by atoms with E-state index in [1.54, 1.807) is 13.8 Å². The van der Waals surface area contributed by atoms with E-state index in [1.807, 2.05) is 0 Å². The first-order valence-corrected chi connectivity index (χ1v) is 5.63. The molecule has 1 aliphatic rings. The number of amides is 1. The summed E-state index contributed by atoms with van der Waals surface area (Å²) in [5.41, 5.74) is 3.80. The molecular formula is C11H18N2O4. The molecule has 1 fully saturated rings. The van der Waals surface area contributed by atoms with Crippen LogP contribution >= 0.6 is 0 Å². The van der Waals surface area contributed by atoms with E-state index in [1.165, 1.54) is 0 Å². The molecule has 0 aromatic carbocycles. The van der Waals surface area contributed by atoms with Gasteiger partial charge in [-0.15, -0.1) is 0 Å². The summed E-state index contributed by atoms with van der Waals surface area (Å²) in [7, 11) is 0. The third-order valence-electron chi connectivity index (χ3n) is 2.86. The molecule has 2 unspecified atom stereocenters. The van der Waals surface area contributed by atoms with E-state index < -0.39 is 23.3 Å². The van der Waals surface area contributed by atoms with Crippen LogP contribution in [0.2, 0.25) is 0 Å². The zero-order chi connectivity index (χ0) is 13.2. The number of carboxylic acid groups (broad SMARTS) is 1. The second kappa shape index (κ2) is 4.83. The van der Waals surface area contributed by atoms with Gasteiger partial charge in [-0.25, -0.2) is 4.79 Å². The van der Waals surface area contributed by atoms with E-state index >= 15 is 0 Å². The van der Waals surface area contributed by atoms with Crippen LogP contribution in [-0.4, -0.2) is 34.3 Å². The van der Waals surface area contributed by atoms with Gasteiger partial charge in [0.25, 0.3) is 0 Å². The lowest BCUT2D eigenvalue weighted by Gasteiger charge is -2.27. The lowest BCUT2D eigenvalue weighted by Crippen LogP contribution is -2.60. The zero-order valence-electron chi connectivity index (χ0n) is 10.0. The Morgan fingerprint density at radius 1 is 1.59 bits per heavy atom. The van der Waals surface area contributed by atoms with Gasteiger partial charge in [0.2, 0.25) is 5.91 Å². The van der Waals surface area contributed by atoms with Crippen LogP contribution < -0.4 is 11.1 Å². The fourth-order valence-electron chi connectivity index (χ4n) is 2.06. The number of rotatable bonds is 5. The van der Waals surface area contributed by atoms with Crippen molar-refractivity contribution in [3.8, 4) is 0 Å². The average molecular weight is 242 g/mol. The fourth-order valence-corrected chi connectivity index (χ4v) is 2.06. The van der Waals surface area contributed by atoms with Gasteiger partial charge in [0.05, 0.1) is 6.04 Å². The Kier molecular flexibility index (Phi) is 3.87. The molecule has 0 aromatic rings. The van der Waals surface area contributed by atoms with E-state index in [2.05, 4.69) is 5.32 Å². The third kappa shape index (κ3) is 2.82. The summed E-state index contributed by atoms with van der Waals surface area (Å²) in [4.78, 5) is 34.3. The van der Waals surface area contributed by atoms with Gasteiger partial charge in [0.15, 0.2) is 11.3 Å². The predicted octanol–water partition coefficient (Wildman–Crippen LogP) is -0.338. The van der Waals surface area contributed by atoms with Gasteiger partial charge in [-0.3, -0.25) is 9.59 Å². The number of nitrogens with two attached hydrogens (primary N) is 1. The Labute approximate surface area is 99.6 Å². The van der Waals surface area contributed by atoms with Crippen molar-refractivity contribution in [1.29, 1.82) is 0 Å². The van der Waals surface area contributed by atoms with Crippen molar-refractivity contribution in [1.82, 2.24) is 5.32 Å². The molecule has 0 spiro atoms. The molecule has 1 amide bonds. The van der Waals surface area contributed by atoms with Gasteiger partial charge in [-0.1, -0.05) is 13.8 Å². The van der Waals surface area contributed by atoms with Gasteiger partial charge in [-0.05, 0) is 18.8 Å².